The van der Waals surface area contributed by atoms with Crippen LogP contribution in [0.2, 0.25) is 0 Å². The maximum atomic E-state index is 9.49. The average Bonchev–Trinajstić information content (AvgIpc) is 2.44. The highest BCUT2D eigenvalue weighted by molar-refractivity contribution is 9.10. The van der Waals surface area contributed by atoms with E-state index in [4.69, 9.17) is 0 Å². The summed E-state index contributed by atoms with van der Waals surface area (Å²) in [5.41, 5.74) is 3.55. The van der Waals surface area contributed by atoms with Gasteiger partial charge in [0, 0.05) is 11.0 Å². The molecule has 0 amide bonds. The van der Waals surface area contributed by atoms with E-state index in [0.29, 0.717) is 0 Å². The average molecular weight is 320 g/mol. The molecule has 2 aromatic rings. The molecule has 2 rings (SSSR count). The van der Waals surface area contributed by atoms with Gasteiger partial charge in [-0.25, -0.2) is 0 Å². The molecule has 0 unspecified atom stereocenters. The number of aryl methyl sites for hydroxylation is 1. The summed E-state index contributed by atoms with van der Waals surface area (Å²) in [5, 5.41) is 12.9. The highest BCUT2D eigenvalue weighted by Gasteiger charge is 2.09. The van der Waals surface area contributed by atoms with Gasteiger partial charge in [-0.05, 0) is 29.7 Å². The van der Waals surface area contributed by atoms with Crippen molar-refractivity contribution in [3.8, 4) is 0 Å². The van der Waals surface area contributed by atoms with Gasteiger partial charge in [0.25, 0.3) is 0 Å². The maximum Gasteiger partial charge on any atom is 0.0626 e. The molecule has 0 saturated heterocycles. The van der Waals surface area contributed by atoms with Crippen LogP contribution in [0.15, 0.2) is 53.0 Å². The minimum absolute atomic E-state index is 0.0230. The first-order valence-corrected chi connectivity index (χ1v) is 7.14. The maximum absolute atomic E-state index is 9.49. The molecule has 0 aromatic heterocycles. The second-order valence-corrected chi connectivity index (χ2v) is 5.46. The largest absolute Gasteiger partial charge is 0.394 e. The predicted molar refractivity (Wildman–Crippen MR) is 82.0 cm³/mol. The highest BCUT2D eigenvalue weighted by atomic mass is 79.9. The van der Waals surface area contributed by atoms with Crippen LogP contribution in [0, 0.1) is 6.92 Å². The van der Waals surface area contributed by atoms with Crippen LogP contribution < -0.4 is 5.32 Å². The number of hydrogen-bond acceptors (Lipinski definition) is 2. The molecule has 2 nitrogen and oxygen atoms in total. The SMILES string of the molecule is Cc1cc(CN[C@H](CO)c2ccccc2)ccc1Br. The van der Waals surface area contributed by atoms with Crippen molar-refractivity contribution in [2.24, 2.45) is 0 Å². The number of aliphatic hydroxyl groups is 1. The summed E-state index contributed by atoms with van der Waals surface area (Å²) in [7, 11) is 0. The lowest BCUT2D eigenvalue weighted by Gasteiger charge is -2.17. The number of nitrogens with one attached hydrogen (secondary N) is 1. The lowest BCUT2D eigenvalue weighted by Crippen LogP contribution is -2.23. The molecule has 0 spiro atoms. The molecule has 0 heterocycles. The van der Waals surface area contributed by atoms with Crippen LogP contribution in [0.4, 0.5) is 0 Å². The molecule has 3 heteroatoms. The molecule has 19 heavy (non-hydrogen) atoms. The summed E-state index contributed by atoms with van der Waals surface area (Å²) in [6.45, 7) is 2.92. The van der Waals surface area contributed by atoms with E-state index in [0.717, 1.165) is 16.6 Å². The van der Waals surface area contributed by atoms with Gasteiger partial charge < -0.3 is 10.4 Å². The minimum Gasteiger partial charge on any atom is -0.394 e. The van der Waals surface area contributed by atoms with Crippen molar-refractivity contribution in [2.45, 2.75) is 19.5 Å². The van der Waals surface area contributed by atoms with Crippen molar-refractivity contribution >= 4 is 15.9 Å². The van der Waals surface area contributed by atoms with E-state index in [9.17, 15) is 5.11 Å². The fraction of sp³-hybridized carbons (Fsp3) is 0.250. The predicted octanol–water partition coefficient (Wildman–Crippen LogP) is 3.58. The van der Waals surface area contributed by atoms with Gasteiger partial charge >= 0.3 is 0 Å². The number of rotatable bonds is 5. The van der Waals surface area contributed by atoms with E-state index in [-0.39, 0.29) is 12.6 Å². The van der Waals surface area contributed by atoms with E-state index < -0.39 is 0 Å². The number of benzene rings is 2. The van der Waals surface area contributed by atoms with Gasteiger partial charge in [-0.1, -0.05) is 58.4 Å². The summed E-state index contributed by atoms with van der Waals surface area (Å²) in [5.74, 6) is 0. The molecule has 0 aliphatic carbocycles. The van der Waals surface area contributed by atoms with Crippen molar-refractivity contribution in [3.05, 3.63) is 69.7 Å². The summed E-state index contributed by atoms with van der Waals surface area (Å²) in [6.07, 6.45) is 0. The third kappa shape index (κ3) is 3.90. The Morgan fingerprint density at radius 3 is 2.53 bits per heavy atom. The number of halogens is 1. The Kier molecular flexibility index (Phi) is 5.14. The molecule has 1 atom stereocenters. The third-order valence-corrected chi connectivity index (χ3v) is 4.05. The Hall–Kier alpha value is -1.16. The topological polar surface area (TPSA) is 32.3 Å². The molecule has 2 N–H and O–H groups in total. The van der Waals surface area contributed by atoms with Gasteiger partial charge in [0.15, 0.2) is 0 Å². The fourth-order valence-electron chi connectivity index (χ4n) is 2.03. The Bertz CT molecular complexity index is 528. The zero-order chi connectivity index (χ0) is 13.7. The summed E-state index contributed by atoms with van der Waals surface area (Å²) in [6, 6.07) is 16.3. The van der Waals surface area contributed by atoms with Gasteiger partial charge in [0.2, 0.25) is 0 Å². The van der Waals surface area contributed by atoms with Gasteiger partial charge in [0.1, 0.15) is 0 Å². The first-order valence-electron chi connectivity index (χ1n) is 6.35. The molecular weight excluding hydrogens is 302 g/mol. The van der Waals surface area contributed by atoms with Crippen molar-refractivity contribution in [2.75, 3.05) is 6.61 Å². The second kappa shape index (κ2) is 6.85. The van der Waals surface area contributed by atoms with Gasteiger partial charge in [0.05, 0.1) is 12.6 Å². The molecule has 0 aliphatic heterocycles. The summed E-state index contributed by atoms with van der Waals surface area (Å²) < 4.78 is 1.12. The Balaban J connectivity index is 2.02. The second-order valence-electron chi connectivity index (χ2n) is 4.61. The molecule has 0 saturated carbocycles. The fourth-order valence-corrected chi connectivity index (χ4v) is 2.28. The minimum atomic E-state index is -0.0230. The first kappa shape index (κ1) is 14.3. The Morgan fingerprint density at radius 2 is 1.89 bits per heavy atom. The lowest BCUT2D eigenvalue weighted by molar-refractivity contribution is 0.243. The van der Waals surface area contributed by atoms with Crippen molar-refractivity contribution < 1.29 is 5.11 Å². The Morgan fingerprint density at radius 1 is 1.16 bits per heavy atom. The zero-order valence-corrected chi connectivity index (χ0v) is 12.5. The van der Waals surface area contributed by atoms with Crippen LogP contribution in [0.25, 0.3) is 0 Å². The van der Waals surface area contributed by atoms with E-state index in [1.165, 1.54) is 11.1 Å². The number of aliphatic hydroxyl groups excluding tert-OH is 1. The molecule has 100 valence electrons. The molecule has 0 aliphatic rings. The van der Waals surface area contributed by atoms with Gasteiger partial charge in [-0.15, -0.1) is 0 Å². The van der Waals surface area contributed by atoms with Gasteiger partial charge in [-0.2, -0.15) is 0 Å². The first-order chi connectivity index (χ1) is 9.20. The smallest absolute Gasteiger partial charge is 0.0626 e. The van der Waals surface area contributed by atoms with Crippen LogP contribution >= 0.6 is 15.9 Å². The van der Waals surface area contributed by atoms with Crippen LogP contribution in [-0.4, -0.2) is 11.7 Å². The van der Waals surface area contributed by atoms with E-state index in [2.05, 4.69) is 46.4 Å². The highest BCUT2D eigenvalue weighted by Crippen LogP contribution is 2.18. The van der Waals surface area contributed by atoms with E-state index >= 15 is 0 Å². The van der Waals surface area contributed by atoms with Gasteiger partial charge in [-0.3, -0.25) is 0 Å². The molecule has 0 radical (unpaired) electrons. The molecule has 2 aromatic carbocycles. The lowest BCUT2D eigenvalue weighted by atomic mass is 10.1. The van der Waals surface area contributed by atoms with Crippen molar-refractivity contribution in [1.82, 2.24) is 5.32 Å². The van der Waals surface area contributed by atoms with Crippen LogP contribution in [0.1, 0.15) is 22.7 Å². The van der Waals surface area contributed by atoms with E-state index in [1.807, 2.05) is 30.3 Å². The quantitative estimate of drug-likeness (QED) is 0.882. The summed E-state index contributed by atoms with van der Waals surface area (Å²) >= 11 is 3.50. The monoisotopic (exact) mass is 319 g/mol. The van der Waals surface area contributed by atoms with E-state index in [1.54, 1.807) is 0 Å². The molecule has 0 bridgehead atoms. The van der Waals surface area contributed by atoms with Crippen LogP contribution in [0.3, 0.4) is 0 Å². The Labute approximate surface area is 122 Å². The van der Waals surface area contributed by atoms with Crippen molar-refractivity contribution in [3.63, 3.8) is 0 Å². The van der Waals surface area contributed by atoms with Crippen LogP contribution in [0.5, 0.6) is 0 Å². The molecule has 0 fully saturated rings. The number of hydrogen-bond donors (Lipinski definition) is 2. The third-order valence-electron chi connectivity index (χ3n) is 3.16. The summed E-state index contributed by atoms with van der Waals surface area (Å²) in [4.78, 5) is 0. The zero-order valence-electron chi connectivity index (χ0n) is 10.9. The van der Waals surface area contributed by atoms with Crippen LogP contribution in [-0.2, 0) is 6.54 Å². The standard InChI is InChI=1S/C16H18BrNO/c1-12-9-13(7-8-15(12)17)10-18-16(11-19)14-5-3-2-4-6-14/h2-9,16,18-19H,10-11H2,1H3/t16-/m1/s1. The molecular formula is C16H18BrNO. The van der Waals surface area contributed by atoms with Crippen molar-refractivity contribution in [1.29, 1.82) is 0 Å². The normalized spacial score (nSPS) is 12.4.